The lowest BCUT2D eigenvalue weighted by molar-refractivity contribution is -0.123. The second kappa shape index (κ2) is 13.9. The predicted octanol–water partition coefficient (Wildman–Crippen LogP) is 2.03. The van der Waals surface area contributed by atoms with Gasteiger partial charge in [-0.3, -0.25) is 9.79 Å². The normalized spacial score (nSPS) is 22.0. The van der Waals surface area contributed by atoms with Crippen LogP contribution in [-0.4, -0.2) is 67.0 Å². The first-order valence-electron chi connectivity index (χ1n) is 9.84. The summed E-state index contributed by atoms with van der Waals surface area (Å²) in [5, 5.41) is 7.50. The first-order valence-corrected chi connectivity index (χ1v) is 10.9. The van der Waals surface area contributed by atoms with E-state index in [-0.39, 0.29) is 35.8 Å². The molecule has 0 spiro atoms. The first-order chi connectivity index (χ1) is 12.2. The standard InChI is InChI=1S/C18H35N5OS.HI/c1-2-20-18(22-14-16-6-5-13-25-16)21-9-3-4-10-23-11-7-15(8-12-23)17(19)24;/h15-16H,2-14H2,1H3,(H2,19,24)(H2,20,21,22);1H. The van der Waals surface area contributed by atoms with Crippen LogP contribution < -0.4 is 16.4 Å². The minimum absolute atomic E-state index is 0. The van der Waals surface area contributed by atoms with Gasteiger partial charge in [-0.2, -0.15) is 11.8 Å². The van der Waals surface area contributed by atoms with E-state index >= 15 is 0 Å². The van der Waals surface area contributed by atoms with Crippen molar-refractivity contribution in [1.82, 2.24) is 15.5 Å². The Hall–Kier alpha value is -0.220. The second-order valence-electron chi connectivity index (χ2n) is 7.01. The molecule has 8 heteroatoms. The Morgan fingerprint density at radius 2 is 2.00 bits per heavy atom. The molecule has 0 saturated carbocycles. The van der Waals surface area contributed by atoms with Crippen molar-refractivity contribution in [3.05, 3.63) is 0 Å². The zero-order valence-electron chi connectivity index (χ0n) is 16.0. The topological polar surface area (TPSA) is 82.8 Å². The number of amides is 1. The molecule has 2 heterocycles. The number of thioether (sulfide) groups is 1. The Labute approximate surface area is 179 Å². The smallest absolute Gasteiger partial charge is 0.220 e. The summed E-state index contributed by atoms with van der Waals surface area (Å²) >= 11 is 2.05. The zero-order chi connectivity index (χ0) is 17.9. The van der Waals surface area contributed by atoms with Gasteiger partial charge in [0.15, 0.2) is 5.96 Å². The highest BCUT2D eigenvalue weighted by Gasteiger charge is 2.22. The summed E-state index contributed by atoms with van der Waals surface area (Å²) in [6, 6.07) is 0. The third-order valence-electron chi connectivity index (χ3n) is 5.00. The molecule has 2 saturated heterocycles. The number of hydrogen-bond donors (Lipinski definition) is 3. The number of guanidine groups is 1. The van der Waals surface area contributed by atoms with Gasteiger partial charge in [0.1, 0.15) is 0 Å². The average Bonchev–Trinajstić information content (AvgIpc) is 3.13. The number of carbonyl (C=O) groups excluding carboxylic acids is 1. The maximum atomic E-state index is 11.2. The lowest BCUT2D eigenvalue weighted by Gasteiger charge is -2.30. The van der Waals surface area contributed by atoms with Crippen molar-refractivity contribution in [3.63, 3.8) is 0 Å². The highest BCUT2D eigenvalue weighted by Crippen LogP contribution is 2.26. The molecule has 2 aliphatic rings. The molecule has 0 aromatic heterocycles. The van der Waals surface area contributed by atoms with Gasteiger partial charge >= 0.3 is 0 Å². The van der Waals surface area contributed by atoms with Crippen molar-refractivity contribution in [2.24, 2.45) is 16.6 Å². The fourth-order valence-electron chi connectivity index (χ4n) is 3.43. The van der Waals surface area contributed by atoms with Crippen molar-refractivity contribution in [1.29, 1.82) is 0 Å². The Morgan fingerprint density at radius 1 is 1.23 bits per heavy atom. The number of rotatable bonds is 9. The maximum Gasteiger partial charge on any atom is 0.220 e. The molecule has 1 amide bonds. The molecule has 1 unspecified atom stereocenters. The number of nitrogens with two attached hydrogens (primary N) is 1. The Balaban J connectivity index is 0.00000338. The molecule has 6 nitrogen and oxygen atoms in total. The third-order valence-corrected chi connectivity index (χ3v) is 6.39. The summed E-state index contributed by atoms with van der Waals surface area (Å²) in [6.07, 6.45) is 6.80. The van der Waals surface area contributed by atoms with Crippen LogP contribution in [0.3, 0.4) is 0 Å². The molecule has 2 fully saturated rings. The van der Waals surface area contributed by atoms with E-state index in [1.165, 1.54) is 25.0 Å². The van der Waals surface area contributed by atoms with Crippen molar-refractivity contribution < 1.29 is 4.79 Å². The van der Waals surface area contributed by atoms with Gasteiger partial charge in [0.2, 0.25) is 5.91 Å². The number of halogens is 1. The van der Waals surface area contributed by atoms with E-state index in [9.17, 15) is 4.79 Å². The van der Waals surface area contributed by atoms with Gasteiger partial charge in [-0.1, -0.05) is 0 Å². The highest BCUT2D eigenvalue weighted by molar-refractivity contribution is 14.0. The van der Waals surface area contributed by atoms with Crippen molar-refractivity contribution >= 4 is 47.6 Å². The van der Waals surface area contributed by atoms with Crippen LogP contribution in [-0.2, 0) is 4.79 Å². The molecule has 152 valence electrons. The minimum atomic E-state index is -0.130. The van der Waals surface area contributed by atoms with Crippen molar-refractivity contribution in [2.45, 2.75) is 50.7 Å². The van der Waals surface area contributed by atoms with Gasteiger partial charge in [0, 0.05) is 24.3 Å². The van der Waals surface area contributed by atoms with Crippen molar-refractivity contribution in [2.75, 3.05) is 45.0 Å². The number of aliphatic imine (C=N–C) groups is 1. The van der Waals surface area contributed by atoms with Crippen LogP contribution >= 0.6 is 35.7 Å². The molecular weight excluding hydrogens is 461 g/mol. The van der Waals surface area contributed by atoms with Crippen LogP contribution in [0.1, 0.15) is 45.4 Å². The zero-order valence-corrected chi connectivity index (χ0v) is 19.2. The van der Waals surface area contributed by atoms with Gasteiger partial charge < -0.3 is 21.3 Å². The summed E-state index contributed by atoms with van der Waals surface area (Å²) in [5.74, 6) is 2.21. The monoisotopic (exact) mass is 497 g/mol. The average molecular weight is 497 g/mol. The molecule has 2 aliphatic heterocycles. The van der Waals surface area contributed by atoms with Gasteiger partial charge in [0.05, 0.1) is 6.54 Å². The predicted molar refractivity (Wildman–Crippen MR) is 122 cm³/mol. The van der Waals surface area contributed by atoms with E-state index in [1.807, 2.05) is 0 Å². The maximum absolute atomic E-state index is 11.2. The molecule has 2 rings (SSSR count). The molecule has 0 radical (unpaired) electrons. The minimum Gasteiger partial charge on any atom is -0.369 e. The van der Waals surface area contributed by atoms with Gasteiger partial charge in [-0.05, 0) is 70.8 Å². The van der Waals surface area contributed by atoms with Crippen LogP contribution in [0.15, 0.2) is 4.99 Å². The van der Waals surface area contributed by atoms with Crippen molar-refractivity contribution in [3.8, 4) is 0 Å². The van der Waals surface area contributed by atoms with Gasteiger partial charge in [0.25, 0.3) is 0 Å². The number of primary amides is 1. The number of nitrogens with zero attached hydrogens (tertiary/aromatic N) is 2. The van der Waals surface area contributed by atoms with E-state index in [4.69, 9.17) is 10.7 Å². The van der Waals surface area contributed by atoms with Gasteiger partial charge in [-0.15, -0.1) is 24.0 Å². The summed E-state index contributed by atoms with van der Waals surface area (Å²) in [6.45, 7) is 8.01. The first kappa shape index (κ1) is 23.8. The fourth-order valence-corrected chi connectivity index (χ4v) is 4.61. The summed E-state index contributed by atoms with van der Waals surface area (Å²) in [4.78, 5) is 18.4. The summed E-state index contributed by atoms with van der Waals surface area (Å²) in [5.41, 5.74) is 5.39. The van der Waals surface area contributed by atoms with Crippen LogP contribution in [0.25, 0.3) is 0 Å². The summed E-state index contributed by atoms with van der Waals surface area (Å²) < 4.78 is 0. The fraction of sp³-hybridized carbons (Fsp3) is 0.889. The molecule has 1 atom stereocenters. The van der Waals surface area contributed by atoms with Crippen LogP contribution in [0.5, 0.6) is 0 Å². The van der Waals surface area contributed by atoms with E-state index in [2.05, 4.69) is 34.2 Å². The Morgan fingerprint density at radius 3 is 2.62 bits per heavy atom. The van der Waals surface area contributed by atoms with E-state index in [0.29, 0.717) is 5.25 Å². The van der Waals surface area contributed by atoms with Crippen LogP contribution in [0, 0.1) is 5.92 Å². The summed E-state index contributed by atoms with van der Waals surface area (Å²) in [7, 11) is 0. The van der Waals surface area contributed by atoms with E-state index in [1.54, 1.807) is 0 Å². The Bertz CT molecular complexity index is 424. The van der Waals surface area contributed by atoms with E-state index in [0.717, 1.165) is 64.5 Å². The van der Waals surface area contributed by atoms with Gasteiger partial charge in [-0.25, -0.2) is 0 Å². The van der Waals surface area contributed by atoms with Crippen LogP contribution in [0.4, 0.5) is 0 Å². The lowest BCUT2D eigenvalue weighted by atomic mass is 9.96. The quantitative estimate of drug-likeness (QED) is 0.197. The lowest BCUT2D eigenvalue weighted by Crippen LogP contribution is -2.40. The number of nitrogens with one attached hydrogen (secondary N) is 2. The number of unbranched alkanes of at least 4 members (excludes halogenated alkanes) is 1. The molecule has 0 aliphatic carbocycles. The van der Waals surface area contributed by atoms with Crippen LogP contribution in [0.2, 0.25) is 0 Å². The molecule has 26 heavy (non-hydrogen) atoms. The molecule has 4 N–H and O–H groups in total. The van der Waals surface area contributed by atoms with E-state index < -0.39 is 0 Å². The number of carbonyl (C=O) groups is 1. The molecular formula is C18H36IN5OS. The third kappa shape index (κ3) is 9.12. The largest absolute Gasteiger partial charge is 0.369 e. The SMILES string of the molecule is CCNC(=NCC1CCCS1)NCCCCN1CCC(C(N)=O)CC1.I. The second-order valence-corrected chi connectivity index (χ2v) is 8.42. The highest BCUT2D eigenvalue weighted by atomic mass is 127. The number of piperidine rings is 1. The molecule has 0 aromatic carbocycles. The molecule has 0 bridgehead atoms. The number of hydrogen-bond acceptors (Lipinski definition) is 4. The molecule has 0 aromatic rings. The Kier molecular flexibility index (Phi) is 12.7. The number of likely N-dealkylation sites (tertiary alicyclic amines) is 1.